The smallest absolute Gasteiger partial charge is 0.108 e. The van der Waals surface area contributed by atoms with E-state index in [1.807, 2.05) is 6.07 Å². The Bertz CT molecular complexity index is 222. The maximum absolute atomic E-state index is 5.37. The second kappa shape index (κ2) is 3.31. The molecule has 1 fully saturated rings. The van der Waals surface area contributed by atoms with Gasteiger partial charge in [-0.3, -0.25) is 0 Å². The third kappa shape index (κ3) is 1.53. The van der Waals surface area contributed by atoms with Gasteiger partial charge in [-0.2, -0.15) is 0 Å². The van der Waals surface area contributed by atoms with E-state index in [-0.39, 0.29) is 0 Å². The van der Waals surface area contributed by atoms with Crippen LogP contribution in [0.1, 0.15) is 31.4 Å². The summed E-state index contributed by atoms with van der Waals surface area (Å²) in [6.45, 7) is 3.30. The van der Waals surface area contributed by atoms with E-state index in [9.17, 15) is 0 Å². The highest BCUT2D eigenvalue weighted by Crippen LogP contribution is 2.24. The molecule has 2 atom stereocenters. The summed E-state index contributed by atoms with van der Waals surface area (Å²) in [6.07, 6.45) is 4.26. The fourth-order valence-corrected chi connectivity index (χ4v) is 1.77. The Kier molecular flexibility index (Phi) is 2.17. The van der Waals surface area contributed by atoms with Crippen LogP contribution in [0.3, 0.4) is 0 Å². The summed E-state index contributed by atoms with van der Waals surface area (Å²) in [5.41, 5.74) is 0. The molecule has 0 aromatic carbocycles. The molecule has 66 valence electrons. The van der Waals surface area contributed by atoms with Crippen molar-refractivity contribution in [2.24, 2.45) is 0 Å². The minimum absolute atomic E-state index is 0.594. The summed E-state index contributed by atoms with van der Waals surface area (Å²) < 4.78 is 5.37. The maximum Gasteiger partial charge on any atom is 0.108 e. The monoisotopic (exact) mass is 165 g/mol. The van der Waals surface area contributed by atoms with Crippen LogP contribution in [-0.4, -0.2) is 12.6 Å². The SMILES string of the molecule is CC1CCC(c2ccco2)CN1. The number of rotatable bonds is 1. The molecular formula is C10H15NO. The summed E-state index contributed by atoms with van der Waals surface area (Å²) >= 11 is 0. The predicted octanol–water partition coefficient (Wildman–Crippen LogP) is 2.14. The van der Waals surface area contributed by atoms with Crippen molar-refractivity contribution in [3.8, 4) is 0 Å². The standard InChI is InChI=1S/C10H15NO/c1-8-4-5-9(7-11-8)10-3-2-6-12-10/h2-3,6,8-9,11H,4-5,7H2,1H3. The van der Waals surface area contributed by atoms with Crippen LogP contribution in [-0.2, 0) is 0 Å². The molecule has 1 N–H and O–H groups in total. The summed E-state index contributed by atoms with van der Waals surface area (Å²) in [5, 5.41) is 3.46. The van der Waals surface area contributed by atoms with Crippen LogP contribution >= 0.6 is 0 Å². The van der Waals surface area contributed by atoms with Crippen LogP contribution in [0.25, 0.3) is 0 Å². The lowest BCUT2D eigenvalue weighted by Gasteiger charge is -2.26. The van der Waals surface area contributed by atoms with Crippen molar-refractivity contribution < 1.29 is 4.42 Å². The van der Waals surface area contributed by atoms with Gasteiger partial charge in [0.1, 0.15) is 5.76 Å². The van der Waals surface area contributed by atoms with Crippen LogP contribution in [0.5, 0.6) is 0 Å². The van der Waals surface area contributed by atoms with Crippen LogP contribution < -0.4 is 5.32 Å². The first-order chi connectivity index (χ1) is 5.86. The second-order valence-corrected chi connectivity index (χ2v) is 3.60. The van der Waals surface area contributed by atoms with Gasteiger partial charge in [-0.25, -0.2) is 0 Å². The van der Waals surface area contributed by atoms with E-state index >= 15 is 0 Å². The molecular weight excluding hydrogens is 150 g/mol. The summed E-state index contributed by atoms with van der Waals surface area (Å²) in [6, 6.07) is 4.71. The van der Waals surface area contributed by atoms with Crippen molar-refractivity contribution in [3.05, 3.63) is 24.2 Å². The highest BCUT2D eigenvalue weighted by molar-refractivity contribution is 5.07. The molecule has 12 heavy (non-hydrogen) atoms. The number of hydrogen-bond acceptors (Lipinski definition) is 2. The van der Waals surface area contributed by atoms with Crippen LogP contribution in [0.15, 0.2) is 22.8 Å². The molecule has 2 rings (SSSR count). The number of furan rings is 1. The van der Waals surface area contributed by atoms with Gasteiger partial charge >= 0.3 is 0 Å². The number of nitrogens with one attached hydrogen (secondary N) is 1. The van der Waals surface area contributed by atoms with Gasteiger partial charge in [0.05, 0.1) is 6.26 Å². The minimum Gasteiger partial charge on any atom is -0.469 e. The van der Waals surface area contributed by atoms with E-state index in [2.05, 4.69) is 18.3 Å². The van der Waals surface area contributed by atoms with Crippen molar-refractivity contribution in [1.82, 2.24) is 5.32 Å². The topological polar surface area (TPSA) is 25.2 Å². The Hall–Kier alpha value is -0.760. The molecule has 2 nitrogen and oxygen atoms in total. The molecule has 1 aliphatic rings. The molecule has 0 aliphatic carbocycles. The van der Waals surface area contributed by atoms with Gasteiger partial charge in [0.2, 0.25) is 0 Å². The lowest BCUT2D eigenvalue weighted by Crippen LogP contribution is -2.35. The fourth-order valence-electron chi connectivity index (χ4n) is 1.77. The van der Waals surface area contributed by atoms with Gasteiger partial charge in [0.15, 0.2) is 0 Å². The van der Waals surface area contributed by atoms with Gasteiger partial charge in [0.25, 0.3) is 0 Å². The second-order valence-electron chi connectivity index (χ2n) is 3.60. The van der Waals surface area contributed by atoms with Crippen molar-refractivity contribution >= 4 is 0 Å². The van der Waals surface area contributed by atoms with Gasteiger partial charge in [0, 0.05) is 18.5 Å². The molecule has 1 aliphatic heterocycles. The zero-order valence-electron chi connectivity index (χ0n) is 7.42. The Labute approximate surface area is 73.0 Å². The van der Waals surface area contributed by atoms with Crippen molar-refractivity contribution in [2.75, 3.05) is 6.54 Å². The summed E-state index contributed by atoms with van der Waals surface area (Å²) in [7, 11) is 0. The van der Waals surface area contributed by atoms with E-state index in [0.29, 0.717) is 12.0 Å². The quantitative estimate of drug-likeness (QED) is 0.689. The van der Waals surface area contributed by atoms with Crippen molar-refractivity contribution in [3.63, 3.8) is 0 Å². The average molecular weight is 165 g/mol. The fraction of sp³-hybridized carbons (Fsp3) is 0.600. The average Bonchev–Trinajstić information content (AvgIpc) is 2.58. The number of hydrogen-bond donors (Lipinski definition) is 1. The molecule has 0 bridgehead atoms. The lowest BCUT2D eigenvalue weighted by molar-refractivity contribution is 0.343. The third-order valence-electron chi connectivity index (χ3n) is 2.61. The molecule has 0 amide bonds. The normalized spacial score (nSPS) is 30.4. The van der Waals surface area contributed by atoms with Crippen molar-refractivity contribution in [2.45, 2.75) is 31.7 Å². The molecule has 2 unspecified atom stereocenters. The summed E-state index contributed by atoms with van der Waals surface area (Å²) in [4.78, 5) is 0. The van der Waals surface area contributed by atoms with E-state index in [4.69, 9.17) is 4.42 Å². The summed E-state index contributed by atoms with van der Waals surface area (Å²) in [5.74, 6) is 1.73. The first kappa shape index (κ1) is 7.87. The molecule has 1 saturated heterocycles. The van der Waals surface area contributed by atoms with E-state index in [1.54, 1.807) is 6.26 Å². The van der Waals surface area contributed by atoms with E-state index < -0.39 is 0 Å². The molecule has 0 radical (unpaired) electrons. The highest BCUT2D eigenvalue weighted by Gasteiger charge is 2.20. The zero-order valence-corrected chi connectivity index (χ0v) is 7.42. The molecule has 1 aromatic heterocycles. The van der Waals surface area contributed by atoms with Crippen LogP contribution in [0.2, 0.25) is 0 Å². The first-order valence-corrected chi connectivity index (χ1v) is 4.63. The lowest BCUT2D eigenvalue weighted by atomic mass is 9.93. The van der Waals surface area contributed by atoms with Crippen LogP contribution in [0, 0.1) is 0 Å². The Morgan fingerprint density at radius 3 is 3.00 bits per heavy atom. The largest absolute Gasteiger partial charge is 0.469 e. The number of piperidine rings is 1. The Balaban J connectivity index is 1.99. The van der Waals surface area contributed by atoms with E-state index in [1.165, 1.54) is 12.8 Å². The van der Waals surface area contributed by atoms with Gasteiger partial charge in [-0.05, 0) is 31.9 Å². The molecule has 2 heterocycles. The highest BCUT2D eigenvalue weighted by atomic mass is 16.3. The molecule has 0 saturated carbocycles. The minimum atomic E-state index is 0.594. The van der Waals surface area contributed by atoms with Crippen molar-refractivity contribution in [1.29, 1.82) is 0 Å². The van der Waals surface area contributed by atoms with Gasteiger partial charge in [-0.15, -0.1) is 0 Å². The van der Waals surface area contributed by atoms with Gasteiger partial charge < -0.3 is 9.73 Å². The Morgan fingerprint density at radius 1 is 1.50 bits per heavy atom. The maximum atomic E-state index is 5.37. The third-order valence-corrected chi connectivity index (χ3v) is 2.61. The predicted molar refractivity (Wildman–Crippen MR) is 48.1 cm³/mol. The van der Waals surface area contributed by atoms with Gasteiger partial charge in [-0.1, -0.05) is 0 Å². The Morgan fingerprint density at radius 2 is 2.42 bits per heavy atom. The first-order valence-electron chi connectivity index (χ1n) is 4.63. The zero-order chi connectivity index (χ0) is 8.39. The molecule has 0 spiro atoms. The molecule has 1 aromatic rings. The molecule has 2 heteroatoms. The van der Waals surface area contributed by atoms with E-state index in [0.717, 1.165) is 12.3 Å². The van der Waals surface area contributed by atoms with Crippen LogP contribution in [0.4, 0.5) is 0 Å².